The van der Waals surface area contributed by atoms with Gasteiger partial charge in [-0.15, -0.1) is 0 Å². The third kappa shape index (κ3) is 12.1. The van der Waals surface area contributed by atoms with Crippen LogP contribution in [0, 0.1) is 0 Å². The minimum Gasteiger partial charge on any atom is -0.481 e. The number of hydrogen-bond donors (Lipinski definition) is 7. The Bertz CT molecular complexity index is 2220. The maximum absolute atomic E-state index is 12.4. The molecule has 9 N–H and O–H groups in total. The second-order valence-electron chi connectivity index (χ2n) is 11.8. The van der Waals surface area contributed by atoms with Gasteiger partial charge >= 0.3 is 23.9 Å². The van der Waals surface area contributed by atoms with Crippen molar-refractivity contribution in [2.24, 2.45) is 0 Å². The Balaban J connectivity index is 0.000000265. The highest BCUT2D eigenvalue weighted by Gasteiger charge is 2.22. The Labute approximate surface area is 328 Å². The van der Waals surface area contributed by atoms with Crippen molar-refractivity contribution in [2.45, 2.75) is 31.8 Å². The fourth-order valence-corrected chi connectivity index (χ4v) is 5.42. The van der Waals surface area contributed by atoms with E-state index in [-0.39, 0.29) is 36.6 Å². The molecule has 0 spiro atoms. The normalized spacial score (nSPS) is 11.1. The predicted molar refractivity (Wildman–Crippen MR) is 207 cm³/mol. The Morgan fingerprint density at radius 2 is 1.55 bits per heavy atom. The molecule has 0 saturated heterocycles. The first-order valence-corrected chi connectivity index (χ1v) is 17.1. The zero-order chi connectivity index (χ0) is 40.9. The first kappa shape index (κ1) is 42.0. The molecule has 0 aliphatic heterocycles. The molecule has 56 heavy (non-hydrogen) atoms. The first-order valence-electron chi connectivity index (χ1n) is 16.4. The number of nitrogens with zero attached hydrogens (tertiary/aromatic N) is 5. The SMILES string of the molecule is CN(Cc1cnc2nc(N)nc(N)c2n1)c1ccc(C(=O)N[C@@H](CCC(=O)O)C(=O)O)cc1.O=C(O)COC(=O)Cc1ccccc1Nc1c(Cl)cccc1Cl. The third-order valence-electron chi connectivity index (χ3n) is 7.65. The minimum absolute atomic E-state index is 0.0138. The lowest BCUT2D eigenvalue weighted by Gasteiger charge is -2.19. The highest BCUT2D eigenvalue weighted by atomic mass is 35.5. The largest absolute Gasteiger partial charge is 0.481 e. The third-order valence-corrected chi connectivity index (χ3v) is 8.28. The van der Waals surface area contributed by atoms with Crippen LogP contribution < -0.4 is 27.0 Å². The molecule has 292 valence electrons. The maximum atomic E-state index is 12.4. The molecule has 0 radical (unpaired) electrons. The first-order chi connectivity index (χ1) is 26.6. The van der Waals surface area contributed by atoms with Crippen molar-refractivity contribution >= 4 is 93.0 Å². The minimum atomic E-state index is -1.30. The van der Waals surface area contributed by atoms with Gasteiger partial charge in [-0.2, -0.15) is 9.97 Å². The lowest BCUT2D eigenvalue weighted by Crippen LogP contribution is -2.41. The van der Waals surface area contributed by atoms with Crippen LogP contribution in [0.4, 0.5) is 28.8 Å². The number of esters is 1. The summed E-state index contributed by atoms with van der Waals surface area (Å²) in [5.41, 5.74) is 15.5. The summed E-state index contributed by atoms with van der Waals surface area (Å²) in [5, 5.41) is 32.8. The van der Waals surface area contributed by atoms with Gasteiger partial charge in [-0.25, -0.2) is 19.6 Å². The van der Waals surface area contributed by atoms with E-state index in [0.29, 0.717) is 50.4 Å². The van der Waals surface area contributed by atoms with Crippen molar-refractivity contribution in [1.82, 2.24) is 25.3 Å². The van der Waals surface area contributed by atoms with Crippen LogP contribution in [0.3, 0.4) is 0 Å². The van der Waals surface area contributed by atoms with Crippen LogP contribution in [-0.4, -0.2) is 84.7 Å². The maximum Gasteiger partial charge on any atom is 0.341 e. The van der Waals surface area contributed by atoms with Crippen molar-refractivity contribution in [1.29, 1.82) is 0 Å². The fourth-order valence-electron chi connectivity index (χ4n) is 4.92. The number of nitrogens with two attached hydrogens (primary N) is 2. The Morgan fingerprint density at radius 1 is 0.875 bits per heavy atom. The molecule has 0 fully saturated rings. The number of para-hydroxylation sites is 2. The molecule has 20 heteroatoms. The van der Waals surface area contributed by atoms with Gasteiger partial charge in [-0.3, -0.25) is 14.4 Å². The number of halogens is 2. The summed E-state index contributed by atoms with van der Waals surface area (Å²) in [6.07, 6.45) is 0.893. The van der Waals surface area contributed by atoms with Gasteiger partial charge < -0.3 is 47.1 Å². The average Bonchev–Trinajstić information content (AvgIpc) is 3.15. The predicted octanol–water partition coefficient (Wildman–Crippen LogP) is 4.18. The number of nitrogens with one attached hydrogen (secondary N) is 2. The summed E-state index contributed by atoms with van der Waals surface area (Å²) >= 11 is 12.2. The van der Waals surface area contributed by atoms with Gasteiger partial charge in [0.25, 0.3) is 5.91 Å². The number of anilines is 5. The quantitative estimate of drug-likeness (QED) is 0.0730. The number of aliphatic carboxylic acids is 3. The van der Waals surface area contributed by atoms with Crippen molar-refractivity contribution in [3.05, 3.63) is 99.8 Å². The molecule has 0 aliphatic rings. The Hall–Kier alpha value is -6.79. The van der Waals surface area contributed by atoms with Gasteiger partial charge in [0.1, 0.15) is 6.04 Å². The molecule has 5 rings (SSSR count). The van der Waals surface area contributed by atoms with Gasteiger partial charge in [0.15, 0.2) is 23.6 Å². The van der Waals surface area contributed by atoms with E-state index in [2.05, 4.69) is 35.3 Å². The number of rotatable bonds is 15. The molecule has 0 saturated carbocycles. The topological polar surface area (TPSA) is 286 Å². The molecule has 1 atom stereocenters. The van der Waals surface area contributed by atoms with Crippen molar-refractivity contribution in [3.63, 3.8) is 0 Å². The van der Waals surface area contributed by atoms with E-state index in [9.17, 15) is 29.1 Å². The standard InChI is InChI=1S/C20H22N8O5.C16H13Cl2NO4/c1-28(9-11-8-23-17-15(24-11)16(21)26-20(22)27-17)12-4-2-10(3-5-12)18(31)25-13(19(32)33)6-7-14(29)30;17-11-5-3-6-12(18)16(11)19-13-7-2-1-4-10(13)8-15(22)23-9-14(20)21/h2-5,8,13H,6-7,9H2,1H3,(H,25,31)(H,29,30)(H,32,33)(H4,21,22,23,26,27);1-7,19H,8-9H2,(H,20,21)/t13-;/m0./s1. The fraction of sp³-hybridized carbons (Fsp3) is 0.194. The summed E-state index contributed by atoms with van der Waals surface area (Å²) in [6.45, 7) is -0.292. The summed E-state index contributed by atoms with van der Waals surface area (Å²) in [6, 6.07) is 17.3. The number of hydrogen-bond acceptors (Lipinski definition) is 14. The van der Waals surface area contributed by atoms with E-state index in [1.165, 1.54) is 12.1 Å². The van der Waals surface area contributed by atoms with Gasteiger partial charge in [0.2, 0.25) is 5.95 Å². The number of nitrogen functional groups attached to an aromatic ring is 2. The number of carboxylic acids is 3. The molecule has 0 bridgehead atoms. The molecule has 0 aliphatic carbocycles. The molecular formula is C36H35Cl2N9O9. The number of carbonyl (C=O) groups is 5. The second-order valence-corrected chi connectivity index (χ2v) is 12.6. The zero-order valence-corrected chi connectivity index (χ0v) is 31.0. The van der Waals surface area contributed by atoms with Crippen LogP contribution in [0.2, 0.25) is 10.0 Å². The molecule has 2 aromatic heterocycles. The van der Waals surface area contributed by atoms with Crippen LogP contribution >= 0.6 is 23.2 Å². The molecule has 3 aromatic carbocycles. The smallest absolute Gasteiger partial charge is 0.341 e. The lowest BCUT2D eigenvalue weighted by atomic mass is 10.1. The van der Waals surface area contributed by atoms with Crippen LogP contribution in [0.5, 0.6) is 0 Å². The number of ether oxygens (including phenoxy) is 1. The Kier molecular flexibility index (Phi) is 14.6. The lowest BCUT2D eigenvalue weighted by molar-refractivity contribution is -0.154. The van der Waals surface area contributed by atoms with E-state index in [1.807, 2.05) is 11.9 Å². The van der Waals surface area contributed by atoms with Crippen LogP contribution in [-0.2, 0) is 36.9 Å². The van der Waals surface area contributed by atoms with Crippen LogP contribution in [0.15, 0.2) is 72.9 Å². The number of carbonyl (C=O) groups excluding carboxylic acids is 2. The Morgan fingerprint density at radius 3 is 2.20 bits per heavy atom. The highest BCUT2D eigenvalue weighted by molar-refractivity contribution is 6.39. The molecule has 2 heterocycles. The average molecular weight is 809 g/mol. The van der Waals surface area contributed by atoms with Crippen LogP contribution in [0.1, 0.15) is 34.5 Å². The van der Waals surface area contributed by atoms with Crippen molar-refractivity contribution < 1.29 is 44.0 Å². The number of aromatic nitrogens is 4. The van der Waals surface area contributed by atoms with Gasteiger partial charge in [0.05, 0.1) is 40.6 Å². The summed E-state index contributed by atoms with van der Waals surface area (Å²) in [5.74, 6) is -4.74. The van der Waals surface area contributed by atoms with Crippen LogP contribution in [0.25, 0.3) is 11.2 Å². The van der Waals surface area contributed by atoms with E-state index in [1.54, 1.807) is 60.8 Å². The van der Waals surface area contributed by atoms with E-state index >= 15 is 0 Å². The van der Waals surface area contributed by atoms with Crippen molar-refractivity contribution in [3.8, 4) is 0 Å². The second kappa shape index (κ2) is 19.5. The molecule has 5 aromatic rings. The summed E-state index contributed by atoms with van der Waals surface area (Å²) < 4.78 is 4.64. The molecular weight excluding hydrogens is 773 g/mol. The number of benzene rings is 3. The van der Waals surface area contributed by atoms with E-state index < -0.39 is 42.4 Å². The van der Waals surface area contributed by atoms with Crippen molar-refractivity contribution in [2.75, 3.05) is 35.3 Å². The highest BCUT2D eigenvalue weighted by Crippen LogP contribution is 2.33. The molecule has 18 nitrogen and oxygen atoms in total. The van der Waals surface area contributed by atoms with Gasteiger partial charge in [0, 0.05) is 30.4 Å². The van der Waals surface area contributed by atoms with Gasteiger partial charge in [-0.05, 0) is 54.4 Å². The molecule has 0 unspecified atom stereocenters. The molecule has 1 amide bonds. The van der Waals surface area contributed by atoms with E-state index in [4.69, 9.17) is 44.9 Å². The number of fused-ring (bicyclic) bond motifs is 1. The summed E-state index contributed by atoms with van der Waals surface area (Å²) in [7, 11) is 1.82. The zero-order valence-electron chi connectivity index (χ0n) is 29.5. The summed E-state index contributed by atoms with van der Waals surface area (Å²) in [4.78, 5) is 74.8. The number of carboxylic acid groups (broad SMARTS) is 3. The van der Waals surface area contributed by atoms with Gasteiger partial charge in [-0.1, -0.05) is 47.5 Å². The van der Waals surface area contributed by atoms with E-state index in [0.717, 1.165) is 5.69 Å². The number of amides is 1. The monoisotopic (exact) mass is 807 g/mol.